The van der Waals surface area contributed by atoms with Crippen molar-refractivity contribution in [2.45, 2.75) is 25.9 Å². The summed E-state index contributed by atoms with van der Waals surface area (Å²) in [5.74, 6) is 1.79. The summed E-state index contributed by atoms with van der Waals surface area (Å²) in [7, 11) is 0. The number of fused-ring (bicyclic) bond motifs is 1. The van der Waals surface area contributed by atoms with Crippen LogP contribution in [0.3, 0.4) is 0 Å². The summed E-state index contributed by atoms with van der Waals surface area (Å²) in [6.07, 6.45) is 1.04. The maximum absolute atomic E-state index is 8.77. The lowest BCUT2D eigenvalue weighted by Crippen LogP contribution is -2.05. The molecule has 0 spiro atoms. The number of aromatic nitrogens is 2. The van der Waals surface area contributed by atoms with Crippen molar-refractivity contribution in [3.05, 3.63) is 41.5 Å². The van der Waals surface area contributed by atoms with Gasteiger partial charge in [-0.3, -0.25) is 0 Å². The largest absolute Gasteiger partial charge is 0.482 e. The minimum Gasteiger partial charge on any atom is -0.482 e. The first-order chi connectivity index (χ1) is 9.26. The number of ether oxygens (including phenoxy) is 1. The highest BCUT2D eigenvalue weighted by Crippen LogP contribution is 2.35. The van der Waals surface area contributed by atoms with E-state index in [1.807, 2.05) is 31.2 Å². The molecule has 1 aliphatic rings. The molecule has 0 amide bonds. The fourth-order valence-corrected chi connectivity index (χ4v) is 2.12. The van der Waals surface area contributed by atoms with E-state index in [-0.39, 0.29) is 12.0 Å². The molecule has 5 nitrogen and oxygen atoms in total. The number of nitriles is 1. The van der Waals surface area contributed by atoms with Gasteiger partial charge in [0.2, 0.25) is 11.7 Å². The van der Waals surface area contributed by atoms with Crippen molar-refractivity contribution < 1.29 is 9.26 Å². The molecule has 1 aromatic carbocycles. The zero-order chi connectivity index (χ0) is 13.2. The highest BCUT2D eigenvalue weighted by atomic mass is 16.5. The average Bonchev–Trinajstić information content (AvgIpc) is 3.04. The Labute approximate surface area is 110 Å². The monoisotopic (exact) mass is 255 g/mol. The Kier molecular flexibility index (Phi) is 2.92. The van der Waals surface area contributed by atoms with Crippen LogP contribution in [0.15, 0.2) is 28.8 Å². The van der Waals surface area contributed by atoms with Gasteiger partial charge < -0.3 is 9.26 Å². The van der Waals surface area contributed by atoms with Crippen molar-refractivity contribution in [3.63, 3.8) is 0 Å². The summed E-state index contributed by atoms with van der Waals surface area (Å²) in [5.41, 5.74) is 1.16. The van der Waals surface area contributed by atoms with Crippen LogP contribution in [0.2, 0.25) is 0 Å². The van der Waals surface area contributed by atoms with E-state index in [1.54, 1.807) is 0 Å². The molecule has 0 radical (unpaired) electrons. The average molecular weight is 255 g/mol. The van der Waals surface area contributed by atoms with Crippen molar-refractivity contribution in [2.75, 3.05) is 0 Å². The summed E-state index contributed by atoms with van der Waals surface area (Å²) in [6, 6.07) is 10.1. The second kappa shape index (κ2) is 4.73. The second-order valence-electron chi connectivity index (χ2n) is 4.70. The van der Waals surface area contributed by atoms with Crippen LogP contribution in [0.25, 0.3) is 0 Å². The van der Waals surface area contributed by atoms with E-state index in [4.69, 9.17) is 14.5 Å². The fourth-order valence-electron chi connectivity index (χ4n) is 2.12. The van der Waals surface area contributed by atoms with E-state index in [2.05, 4.69) is 16.2 Å². The molecule has 2 aromatic rings. The standard InChI is InChI=1S/C14H13N3O2/c1-9(8-15)6-13-16-14(17-19-13)12-7-10-4-2-3-5-11(10)18-12/h2-5,9,12H,6-7H2,1H3. The molecule has 1 aliphatic heterocycles. The summed E-state index contributed by atoms with van der Waals surface area (Å²) in [5, 5.41) is 12.7. The Balaban J connectivity index is 1.74. The number of para-hydroxylation sites is 1. The molecule has 3 rings (SSSR count). The molecule has 2 atom stereocenters. The van der Waals surface area contributed by atoms with Crippen LogP contribution in [0, 0.1) is 17.2 Å². The first kappa shape index (κ1) is 11.7. The molecule has 0 saturated heterocycles. The van der Waals surface area contributed by atoms with Crippen molar-refractivity contribution in [1.82, 2.24) is 10.1 Å². The van der Waals surface area contributed by atoms with Gasteiger partial charge in [0.15, 0.2) is 6.10 Å². The number of rotatable bonds is 3. The molecule has 2 unspecified atom stereocenters. The lowest BCUT2D eigenvalue weighted by atomic mass is 10.1. The Hall–Kier alpha value is -2.35. The minimum atomic E-state index is -0.188. The van der Waals surface area contributed by atoms with E-state index in [1.165, 1.54) is 0 Å². The van der Waals surface area contributed by atoms with Gasteiger partial charge in [-0.05, 0) is 18.6 Å². The Morgan fingerprint density at radius 1 is 1.47 bits per heavy atom. The molecule has 5 heteroatoms. The highest BCUT2D eigenvalue weighted by molar-refractivity contribution is 5.37. The van der Waals surface area contributed by atoms with Gasteiger partial charge in [-0.1, -0.05) is 23.4 Å². The van der Waals surface area contributed by atoms with Gasteiger partial charge in [0, 0.05) is 12.8 Å². The van der Waals surface area contributed by atoms with E-state index in [0.29, 0.717) is 18.1 Å². The van der Waals surface area contributed by atoms with Gasteiger partial charge in [0.25, 0.3) is 0 Å². The summed E-state index contributed by atoms with van der Waals surface area (Å²) in [4.78, 5) is 4.31. The topological polar surface area (TPSA) is 71.9 Å². The Bertz CT molecular complexity index is 605. The molecule has 2 heterocycles. The van der Waals surface area contributed by atoms with Crippen LogP contribution in [-0.4, -0.2) is 10.1 Å². The number of hydrogen-bond donors (Lipinski definition) is 0. The predicted octanol–water partition coefficient (Wildman–Crippen LogP) is 2.45. The molecule has 96 valence electrons. The lowest BCUT2D eigenvalue weighted by molar-refractivity contribution is 0.221. The zero-order valence-electron chi connectivity index (χ0n) is 10.5. The second-order valence-corrected chi connectivity index (χ2v) is 4.70. The van der Waals surface area contributed by atoms with Crippen molar-refractivity contribution in [2.24, 2.45) is 5.92 Å². The van der Waals surface area contributed by atoms with Crippen LogP contribution in [-0.2, 0) is 12.8 Å². The van der Waals surface area contributed by atoms with Gasteiger partial charge in [-0.15, -0.1) is 0 Å². The van der Waals surface area contributed by atoms with Gasteiger partial charge in [0.05, 0.1) is 12.0 Å². The van der Waals surface area contributed by atoms with E-state index in [9.17, 15) is 0 Å². The van der Waals surface area contributed by atoms with E-state index < -0.39 is 0 Å². The third-order valence-electron chi connectivity index (χ3n) is 3.12. The third-order valence-corrected chi connectivity index (χ3v) is 3.12. The summed E-state index contributed by atoms with van der Waals surface area (Å²) >= 11 is 0. The van der Waals surface area contributed by atoms with Crippen LogP contribution in [0.5, 0.6) is 5.75 Å². The van der Waals surface area contributed by atoms with Gasteiger partial charge in [0.1, 0.15) is 5.75 Å². The molecular weight excluding hydrogens is 242 g/mol. The number of hydrogen-bond acceptors (Lipinski definition) is 5. The van der Waals surface area contributed by atoms with Crippen molar-refractivity contribution in [1.29, 1.82) is 5.26 Å². The van der Waals surface area contributed by atoms with Gasteiger partial charge in [-0.25, -0.2) is 0 Å². The first-order valence-electron chi connectivity index (χ1n) is 6.23. The summed E-state index contributed by atoms with van der Waals surface area (Å²) < 4.78 is 10.9. The van der Waals surface area contributed by atoms with Crippen LogP contribution < -0.4 is 4.74 Å². The minimum absolute atomic E-state index is 0.130. The molecule has 0 saturated carbocycles. The van der Waals surface area contributed by atoms with Gasteiger partial charge >= 0.3 is 0 Å². The third kappa shape index (κ3) is 2.29. The Morgan fingerprint density at radius 3 is 3.11 bits per heavy atom. The SMILES string of the molecule is CC(C#N)Cc1nc(C2Cc3ccccc3O2)no1. The molecular formula is C14H13N3O2. The van der Waals surface area contributed by atoms with E-state index >= 15 is 0 Å². The maximum Gasteiger partial charge on any atom is 0.228 e. The molecule has 19 heavy (non-hydrogen) atoms. The predicted molar refractivity (Wildman–Crippen MR) is 66.3 cm³/mol. The lowest BCUT2D eigenvalue weighted by Gasteiger charge is -2.04. The van der Waals surface area contributed by atoms with E-state index in [0.717, 1.165) is 17.7 Å². The van der Waals surface area contributed by atoms with Crippen molar-refractivity contribution >= 4 is 0 Å². The molecule has 0 bridgehead atoms. The first-order valence-corrected chi connectivity index (χ1v) is 6.23. The van der Waals surface area contributed by atoms with Crippen LogP contribution >= 0.6 is 0 Å². The molecule has 0 aliphatic carbocycles. The van der Waals surface area contributed by atoms with Crippen molar-refractivity contribution in [3.8, 4) is 11.8 Å². The Morgan fingerprint density at radius 2 is 2.32 bits per heavy atom. The van der Waals surface area contributed by atoms with Crippen LogP contribution in [0.4, 0.5) is 0 Å². The molecule has 0 fully saturated rings. The number of benzene rings is 1. The molecule has 0 N–H and O–H groups in total. The van der Waals surface area contributed by atoms with Gasteiger partial charge in [-0.2, -0.15) is 10.2 Å². The normalized spacial score (nSPS) is 18.4. The summed E-state index contributed by atoms with van der Waals surface area (Å²) in [6.45, 7) is 1.83. The maximum atomic E-state index is 8.77. The highest BCUT2D eigenvalue weighted by Gasteiger charge is 2.28. The van der Waals surface area contributed by atoms with Crippen LogP contribution in [0.1, 0.15) is 30.3 Å². The smallest absolute Gasteiger partial charge is 0.228 e. The fraction of sp³-hybridized carbons (Fsp3) is 0.357. The zero-order valence-corrected chi connectivity index (χ0v) is 10.5. The quantitative estimate of drug-likeness (QED) is 0.842. The molecule has 1 aromatic heterocycles. The number of nitrogens with zero attached hydrogens (tertiary/aromatic N) is 3.